The number of ether oxygens (including phenoxy) is 1. The fraction of sp³-hybridized carbons (Fsp3) is 0.393. The van der Waals surface area contributed by atoms with E-state index in [1.54, 1.807) is 24.3 Å². The van der Waals surface area contributed by atoms with Gasteiger partial charge in [0.05, 0.1) is 22.8 Å². The number of piperidine rings is 1. The zero-order valence-electron chi connectivity index (χ0n) is 21.3. The molecular formula is C28H25Cl2N5O5. The summed E-state index contributed by atoms with van der Waals surface area (Å²) in [6, 6.07) is 10.9. The van der Waals surface area contributed by atoms with Gasteiger partial charge in [-0.3, -0.25) is 0 Å². The number of benzene rings is 1. The highest BCUT2D eigenvalue weighted by Crippen LogP contribution is 2.47. The van der Waals surface area contributed by atoms with E-state index in [2.05, 4.69) is 25.2 Å². The molecule has 7 rings (SSSR count). The molecule has 3 aliphatic rings. The topological polar surface area (TPSA) is 128 Å². The molecule has 2 saturated heterocycles. The first-order chi connectivity index (χ1) is 19.5. The molecule has 1 aromatic carbocycles. The molecule has 10 nitrogen and oxygen atoms in total. The number of carboxylic acid groups (broad SMARTS) is 1. The van der Waals surface area contributed by atoms with Crippen molar-refractivity contribution < 1.29 is 23.6 Å². The average molecular weight is 582 g/mol. The van der Waals surface area contributed by atoms with Crippen molar-refractivity contribution in [3.8, 4) is 22.8 Å². The molecule has 2 aliphatic heterocycles. The molecular weight excluding hydrogens is 557 g/mol. The number of anilines is 1. The molecule has 0 amide bonds. The smallest absolute Gasteiger partial charge is 0.354 e. The summed E-state index contributed by atoms with van der Waals surface area (Å²) in [6.07, 6.45) is 5.80. The number of pyridine rings is 1. The van der Waals surface area contributed by atoms with Crippen molar-refractivity contribution in [3.05, 3.63) is 63.5 Å². The summed E-state index contributed by atoms with van der Waals surface area (Å²) in [5.74, 6) is 0.308. The van der Waals surface area contributed by atoms with E-state index in [1.807, 2.05) is 6.07 Å². The predicted molar refractivity (Wildman–Crippen MR) is 146 cm³/mol. The minimum absolute atomic E-state index is 0.0431. The molecule has 3 atom stereocenters. The molecule has 0 radical (unpaired) electrons. The lowest BCUT2D eigenvalue weighted by atomic mass is 10.00. The minimum atomic E-state index is -1.11. The maximum Gasteiger partial charge on any atom is 0.354 e. The van der Waals surface area contributed by atoms with Gasteiger partial charge in [0, 0.05) is 29.1 Å². The summed E-state index contributed by atoms with van der Waals surface area (Å²) in [4.78, 5) is 17.6. The fourth-order valence-electron chi connectivity index (χ4n) is 5.92. The summed E-state index contributed by atoms with van der Waals surface area (Å²) in [5.41, 5.74) is 2.50. The lowest BCUT2D eigenvalue weighted by Gasteiger charge is -2.37. The summed E-state index contributed by atoms with van der Waals surface area (Å²) in [5, 5.41) is 23.1. The summed E-state index contributed by atoms with van der Waals surface area (Å²) in [6.45, 7) is 0.368. The largest absolute Gasteiger partial charge is 0.477 e. The fourth-order valence-corrected chi connectivity index (χ4v) is 6.50. The molecule has 1 saturated carbocycles. The number of hydrogen-bond donors (Lipinski definition) is 1. The number of carboxylic acids is 1. The Hall–Kier alpha value is -3.47. The average Bonchev–Trinajstić information content (AvgIpc) is 3.41. The molecule has 206 valence electrons. The van der Waals surface area contributed by atoms with Crippen LogP contribution in [0.5, 0.6) is 0 Å². The van der Waals surface area contributed by atoms with Crippen LogP contribution in [0.25, 0.3) is 22.8 Å². The molecule has 1 aliphatic carbocycles. The second kappa shape index (κ2) is 10.2. The van der Waals surface area contributed by atoms with Crippen molar-refractivity contribution in [2.45, 2.75) is 69.2 Å². The quantitative estimate of drug-likeness (QED) is 0.250. The maximum atomic E-state index is 11.3. The molecule has 1 N–H and O–H groups in total. The van der Waals surface area contributed by atoms with Gasteiger partial charge in [-0.1, -0.05) is 45.6 Å². The SMILES string of the molecule is O=C(O)c1cccc(-c2nnc(N3[C@@H]4CC[C@H]3C[C@@H](OCc3c(-c5c(Cl)cccc5Cl)noc3C3CC3)C4)o2)n1. The molecule has 12 heteroatoms. The summed E-state index contributed by atoms with van der Waals surface area (Å²) in [7, 11) is 0. The molecule has 3 fully saturated rings. The van der Waals surface area contributed by atoms with Crippen molar-refractivity contribution in [1.82, 2.24) is 20.3 Å². The summed E-state index contributed by atoms with van der Waals surface area (Å²) < 4.78 is 18.3. The Balaban J connectivity index is 1.07. The number of nitrogens with zero attached hydrogens (tertiary/aromatic N) is 5. The first-order valence-electron chi connectivity index (χ1n) is 13.3. The number of hydrogen-bond acceptors (Lipinski definition) is 9. The molecule has 5 heterocycles. The molecule has 2 bridgehead atoms. The van der Waals surface area contributed by atoms with Crippen molar-refractivity contribution >= 4 is 35.2 Å². The van der Waals surface area contributed by atoms with E-state index in [0.717, 1.165) is 49.8 Å². The van der Waals surface area contributed by atoms with Crippen LogP contribution in [0, 0.1) is 0 Å². The van der Waals surface area contributed by atoms with Crippen LogP contribution in [-0.2, 0) is 11.3 Å². The molecule has 4 aromatic rings. The Labute approximate surface area is 239 Å². The van der Waals surface area contributed by atoms with Gasteiger partial charge in [-0.15, -0.1) is 5.10 Å². The highest BCUT2D eigenvalue weighted by atomic mass is 35.5. The summed E-state index contributed by atoms with van der Waals surface area (Å²) >= 11 is 13.0. The van der Waals surface area contributed by atoms with Gasteiger partial charge in [0.15, 0.2) is 0 Å². The number of aromatic carboxylic acids is 1. The van der Waals surface area contributed by atoms with Gasteiger partial charge >= 0.3 is 12.0 Å². The second-order valence-electron chi connectivity index (χ2n) is 10.5. The first kappa shape index (κ1) is 25.5. The number of carbonyl (C=O) groups is 1. The van der Waals surface area contributed by atoms with Crippen molar-refractivity contribution in [2.75, 3.05) is 4.90 Å². The van der Waals surface area contributed by atoms with E-state index in [9.17, 15) is 9.90 Å². The van der Waals surface area contributed by atoms with Gasteiger partial charge in [-0.2, -0.15) is 0 Å². The van der Waals surface area contributed by atoms with Crippen LogP contribution in [-0.4, -0.2) is 49.6 Å². The monoisotopic (exact) mass is 581 g/mol. The predicted octanol–water partition coefficient (Wildman–Crippen LogP) is 6.39. The Kier molecular flexibility index (Phi) is 6.48. The van der Waals surface area contributed by atoms with Crippen LogP contribution in [0.15, 0.2) is 45.3 Å². The molecule has 0 unspecified atom stereocenters. The van der Waals surface area contributed by atoms with Gasteiger partial charge in [0.2, 0.25) is 0 Å². The molecule has 40 heavy (non-hydrogen) atoms. The van der Waals surface area contributed by atoms with E-state index in [1.165, 1.54) is 6.07 Å². The zero-order valence-corrected chi connectivity index (χ0v) is 22.8. The normalized spacial score (nSPS) is 22.1. The third kappa shape index (κ3) is 4.63. The van der Waals surface area contributed by atoms with Crippen LogP contribution in [0.2, 0.25) is 10.0 Å². The number of aromatic nitrogens is 4. The third-order valence-corrected chi connectivity index (χ3v) is 8.57. The van der Waals surface area contributed by atoms with E-state index < -0.39 is 5.97 Å². The van der Waals surface area contributed by atoms with E-state index >= 15 is 0 Å². The third-order valence-electron chi connectivity index (χ3n) is 7.94. The lowest BCUT2D eigenvalue weighted by Crippen LogP contribution is -2.45. The van der Waals surface area contributed by atoms with E-state index in [0.29, 0.717) is 45.5 Å². The first-order valence-corrected chi connectivity index (χ1v) is 14.1. The number of halogens is 2. The highest BCUT2D eigenvalue weighted by molar-refractivity contribution is 6.39. The Morgan fingerprint density at radius 1 is 1.02 bits per heavy atom. The number of rotatable bonds is 8. The van der Waals surface area contributed by atoms with Gasteiger partial charge in [-0.25, -0.2) is 9.78 Å². The van der Waals surface area contributed by atoms with Crippen molar-refractivity contribution in [3.63, 3.8) is 0 Å². The van der Waals surface area contributed by atoms with Gasteiger partial charge in [-0.05, 0) is 62.8 Å². The van der Waals surface area contributed by atoms with Crippen LogP contribution in [0.3, 0.4) is 0 Å². The highest BCUT2D eigenvalue weighted by Gasteiger charge is 2.44. The van der Waals surface area contributed by atoms with Crippen LogP contribution < -0.4 is 4.90 Å². The molecule has 3 aromatic heterocycles. The van der Waals surface area contributed by atoms with Crippen LogP contribution in [0.1, 0.15) is 66.3 Å². The van der Waals surface area contributed by atoms with Gasteiger partial charge in [0.1, 0.15) is 22.8 Å². The maximum absolute atomic E-state index is 11.3. The zero-order chi connectivity index (χ0) is 27.4. The standard InChI is InChI=1S/C28H25Cl2N5O5/c29-19-3-1-4-20(30)23(19)24-18(25(40-34-24)14-7-8-14)13-38-17-11-15-9-10-16(12-17)35(15)28-33-32-26(39-28)21-5-2-6-22(31-21)27(36)37/h1-6,14-17H,7-13H2,(H,36,37)/t15-,16+,17+. The molecule has 0 spiro atoms. The minimum Gasteiger partial charge on any atom is -0.477 e. The van der Waals surface area contributed by atoms with Crippen molar-refractivity contribution in [2.24, 2.45) is 0 Å². The Morgan fingerprint density at radius 2 is 1.75 bits per heavy atom. The Morgan fingerprint density at radius 3 is 2.45 bits per heavy atom. The van der Waals surface area contributed by atoms with Crippen molar-refractivity contribution in [1.29, 1.82) is 0 Å². The van der Waals surface area contributed by atoms with E-state index in [-0.39, 0.29) is 29.8 Å². The van der Waals surface area contributed by atoms with Gasteiger partial charge in [0.25, 0.3) is 5.89 Å². The second-order valence-corrected chi connectivity index (χ2v) is 11.4. The van der Waals surface area contributed by atoms with E-state index in [4.69, 9.17) is 36.9 Å². The number of fused-ring (bicyclic) bond motifs is 2. The Bertz CT molecular complexity index is 1550. The van der Waals surface area contributed by atoms with Crippen LogP contribution in [0.4, 0.5) is 6.01 Å². The van der Waals surface area contributed by atoms with Crippen LogP contribution >= 0.6 is 23.2 Å². The lowest BCUT2D eigenvalue weighted by molar-refractivity contribution is 0.0139. The van der Waals surface area contributed by atoms with Gasteiger partial charge < -0.3 is 23.7 Å².